The minimum atomic E-state index is -0.314. The Balaban J connectivity index is 1.87. The summed E-state index contributed by atoms with van der Waals surface area (Å²) in [6, 6.07) is 6.69. The Labute approximate surface area is 154 Å². The van der Waals surface area contributed by atoms with E-state index in [1.807, 2.05) is 11.9 Å². The first-order valence-corrected chi connectivity index (χ1v) is 8.00. The molecule has 126 valence electrons. The highest BCUT2D eigenvalue weighted by Gasteiger charge is 2.12. The highest BCUT2D eigenvalue weighted by Crippen LogP contribution is 2.27. The fraction of sp³-hybridized carbons (Fsp3) is 0.0588. The van der Waals surface area contributed by atoms with Gasteiger partial charge in [-0.15, -0.1) is 0 Å². The maximum absolute atomic E-state index is 12.5. The smallest absolute Gasteiger partial charge is 0.255 e. The molecule has 1 N–H and O–H groups in total. The fourth-order valence-electron chi connectivity index (χ4n) is 2.20. The lowest BCUT2D eigenvalue weighted by molar-refractivity contribution is 0.102. The van der Waals surface area contributed by atoms with Crippen LogP contribution in [0.25, 0.3) is 0 Å². The third-order valence-corrected chi connectivity index (χ3v) is 3.85. The number of hydrogen-bond donors (Lipinski definition) is 1. The van der Waals surface area contributed by atoms with Crippen LogP contribution in [-0.2, 0) is 0 Å². The number of anilines is 3. The van der Waals surface area contributed by atoms with Crippen molar-refractivity contribution in [1.82, 2.24) is 15.0 Å². The molecule has 6 nitrogen and oxygen atoms in total. The summed E-state index contributed by atoms with van der Waals surface area (Å²) in [6.07, 6.45) is 7.80. The number of nitrogens with one attached hydrogen (secondary N) is 1. The number of carbonyl (C=O) groups excluding carboxylic acids is 1. The minimum absolute atomic E-state index is 0.314. The van der Waals surface area contributed by atoms with Crippen molar-refractivity contribution >= 4 is 46.2 Å². The average Bonchev–Trinajstić information content (AvgIpc) is 2.61. The van der Waals surface area contributed by atoms with E-state index in [4.69, 9.17) is 23.2 Å². The number of halogens is 2. The zero-order chi connectivity index (χ0) is 17.8. The molecule has 0 unspecified atom stereocenters. The predicted octanol–water partition coefficient (Wildman–Crippen LogP) is 4.20. The van der Waals surface area contributed by atoms with E-state index in [2.05, 4.69) is 20.3 Å². The molecule has 0 aliphatic heterocycles. The third kappa shape index (κ3) is 4.23. The molecule has 1 aromatic carbocycles. The molecule has 0 saturated carbocycles. The Bertz CT molecular complexity index is 905. The third-order valence-electron chi connectivity index (χ3n) is 3.43. The lowest BCUT2D eigenvalue weighted by Crippen LogP contribution is -2.15. The van der Waals surface area contributed by atoms with Crippen molar-refractivity contribution in [2.24, 2.45) is 0 Å². The molecule has 0 atom stereocenters. The van der Waals surface area contributed by atoms with E-state index in [1.54, 1.807) is 36.7 Å². The number of nitrogens with zero attached hydrogens (tertiary/aromatic N) is 4. The Kier molecular flexibility index (Phi) is 5.11. The van der Waals surface area contributed by atoms with Crippen LogP contribution in [0.15, 0.2) is 55.4 Å². The van der Waals surface area contributed by atoms with Crippen molar-refractivity contribution in [3.63, 3.8) is 0 Å². The minimum Gasteiger partial charge on any atom is -0.342 e. The standard InChI is InChI=1S/C17H13Cl2N5O/c1-24(16-8-21-10-22-9-16)15-3-11(2-12(18)5-15)17(25)23-14-4-13(19)6-20-7-14/h2-10H,1H3,(H,23,25). The molecule has 0 bridgehead atoms. The molecule has 1 amide bonds. The zero-order valence-corrected chi connectivity index (χ0v) is 14.7. The van der Waals surface area contributed by atoms with Crippen molar-refractivity contribution in [3.8, 4) is 0 Å². The van der Waals surface area contributed by atoms with Crippen LogP contribution >= 0.6 is 23.2 Å². The maximum Gasteiger partial charge on any atom is 0.255 e. The van der Waals surface area contributed by atoms with Gasteiger partial charge in [0, 0.05) is 29.5 Å². The first kappa shape index (κ1) is 17.1. The highest BCUT2D eigenvalue weighted by molar-refractivity contribution is 6.31. The van der Waals surface area contributed by atoms with Gasteiger partial charge in [0.05, 0.1) is 35.0 Å². The van der Waals surface area contributed by atoms with Crippen molar-refractivity contribution in [2.75, 3.05) is 17.3 Å². The lowest BCUT2D eigenvalue weighted by Gasteiger charge is -2.19. The number of amides is 1. The highest BCUT2D eigenvalue weighted by atomic mass is 35.5. The van der Waals surface area contributed by atoms with E-state index >= 15 is 0 Å². The molecule has 0 aliphatic rings. The van der Waals surface area contributed by atoms with Crippen LogP contribution in [-0.4, -0.2) is 27.9 Å². The van der Waals surface area contributed by atoms with Crippen LogP contribution in [0.2, 0.25) is 10.0 Å². The van der Waals surface area contributed by atoms with Crippen molar-refractivity contribution in [2.45, 2.75) is 0 Å². The molecule has 0 radical (unpaired) electrons. The molecule has 0 aliphatic carbocycles. The summed E-state index contributed by atoms with van der Waals surface area (Å²) >= 11 is 12.1. The van der Waals surface area contributed by atoms with Gasteiger partial charge in [-0.1, -0.05) is 23.2 Å². The average molecular weight is 374 g/mol. The van der Waals surface area contributed by atoms with Gasteiger partial charge in [-0.25, -0.2) is 9.97 Å². The number of rotatable bonds is 4. The molecule has 2 aromatic heterocycles. The van der Waals surface area contributed by atoms with Gasteiger partial charge in [0.25, 0.3) is 5.91 Å². The summed E-state index contributed by atoms with van der Waals surface area (Å²) in [5.41, 5.74) is 2.42. The summed E-state index contributed by atoms with van der Waals surface area (Å²) < 4.78 is 0. The normalized spacial score (nSPS) is 10.4. The number of benzene rings is 1. The van der Waals surface area contributed by atoms with E-state index in [9.17, 15) is 4.79 Å². The quantitative estimate of drug-likeness (QED) is 0.741. The SMILES string of the molecule is CN(c1cncnc1)c1cc(Cl)cc(C(=O)Nc2cncc(Cl)c2)c1. The van der Waals surface area contributed by atoms with E-state index in [1.165, 1.54) is 18.7 Å². The second kappa shape index (κ2) is 7.46. The Morgan fingerprint density at radius 3 is 2.40 bits per heavy atom. The summed E-state index contributed by atoms with van der Waals surface area (Å²) in [5.74, 6) is -0.314. The molecule has 2 heterocycles. The van der Waals surface area contributed by atoms with Crippen LogP contribution in [0.1, 0.15) is 10.4 Å². The Morgan fingerprint density at radius 1 is 0.920 bits per heavy atom. The van der Waals surface area contributed by atoms with Crippen LogP contribution in [0.3, 0.4) is 0 Å². The molecule has 0 fully saturated rings. The topological polar surface area (TPSA) is 71.0 Å². The van der Waals surface area contributed by atoms with Crippen LogP contribution in [0.4, 0.5) is 17.1 Å². The van der Waals surface area contributed by atoms with Crippen molar-refractivity contribution in [1.29, 1.82) is 0 Å². The summed E-state index contributed by atoms with van der Waals surface area (Å²) in [7, 11) is 1.84. The maximum atomic E-state index is 12.5. The number of aromatic nitrogens is 3. The predicted molar refractivity (Wildman–Crippen MR) is 98.7 cm³/mol. The van der Waals surface area contributed by atoms with E-state index in [0.29, 0.717) is 21.3 Å². The molecular formula is C17H13Cl2N5O. The van der Waals surface area contributed by atoms with Crippen molar-refractivity contribution < 1.29 is 4.79 Å². The summed E-state index contributed by atoms with van der Waals surface area (Å²) in [5, 5.41) is 3.62. The van der Waals surface area contributed by atoms with E-state index in [0.717, 1.165) is 11.4 Å². The monoisotopic (exact) mass is 373 g/mol. The largest absolute Gasteiger partial charge is 0.342 e. The summed E-state index contributed by atoms with van der Waals surface area (Å²) in [4.78, 5) is 26.3. The van der Waals surface area contributed by atoms with E-state index in [-0.39, 0.29) is 5.91 Å². The molecule has 3 rings (SSSR count). The molecule has 0 spiro atoms. The number of pyridine rings is 1. The van der Waals surface area contributed by atoms with Crippen LogP contribution in [0.5, 0.6) is 0 Å². The zero-order valence-electron chi connectivity index (χ0n) is 13.1. The summed E-state index contributed by atoms with van der Waals surface area (Å²) in [6.45, 7) is 0. The van der Waals surface area contributed by atoms with Crippen LogP contribution < -0.4 is 10.2 Å². The first-order valence-electron chi connectivity index (χ1n) is 7.24. The van der Waals surface area contributed by atoms with Gasteiger partial charge in [0.15, 0.2) is 0 Å². The van der Waals surface area contributed by atoms with Gasteiger partial charge in [-0.3, -0.25) is 9.78 Å². The van der Waals surface area contributed by atoms with Gasteiger partial charge in [0.2, 0.25) is 0 Å². The van der Waals surface area contributed by atoms with E-state index < -0.39 is 0 Å². The molecule has 8 heteroatoms. The number of hydrogen-bond acceptors (Lipinski definition) is 5. The second-order valence-corrected chi connectivity index (χ2v) is 6.07. The number of carbonyl (C=O) groups is 1. The van der Waals surface area contributed by atoms with Crippen molar-refractivity contribution in [3.05, 3.63) is 71.0 Å². The van der Waals surface area contributed by atoms with Gasteiger partial charge >= 0.3 is 0 Å². The molecule has 25 heavy (non-hydrogen) atoms. The lowest BCUT2D eigenvalue weighted by atomic mass is 10.1. The van der Waals surface area contributed by atoms with Crippen LogP contribution in [0, 0.1) is 0 Å². The molecular weight excluding hydrogens is 361 g/mol. The molecule has 3 aromatic rings. The second-order valence-electron chi connectivity index (χ2n) is 5.20. The van der Waals surface area contributed by atoms with Gasteiger partial charge < -0.3 is 10.2 Å². The van der Waals surface area contributed by atoms with Gasteiger partial charge in [-0.05, 0) is 24.3 Å². The van der Waals surface area contributed by atoms with Gasteiger partial charge in [0.1, 0.15) is 6.33 Å². The Hall–Kier alpha value is -2.70. The Morgan fingerprint density at radius 2 is 1.68 bits per heavy atom. The van der Waals surface area contributed by atoms with Gasteiger partial charge in [-0.2, -0.15) is 0 Å². The molecule has 0 saturated heterocycles. The first-order chi connectivity index (χ1) is 12.0. The fourth-order valence-corrected chi connectivity index (χ4v) is 2.60.